The second-order valence-electron chi connectivity index (χ2n) is 4.40. The molecule has 0 radical (unpaired) electrons. The average Bonchev–Trinajstić information content (AvgIpc) is 2.03. The van der Waals surface area contributed by atoms with Crippen LogP contribution in [-0.2, 0) is 0 Å². The molecular formula is C12H24O. The summed E-state index contributed by atoms with van der Waals surface area (Å²) < 4.78 is 0. The van der Waals surface area contributed by atoms with Gasteiger partial charge in [-0.05, 0) is 25.7 Å². The molecular weight excluding hydrogens is 160 g/mol. The van der Waals surface area contributed by atoms with Gasteiger partial charge in [-0.3, -0.25) is 0 Å². The molecule has 0 bridgehead atoms. The van der Waals surface area contributed by atoms with Crippen LogP contribution in [-0.4, -0.2) is 11.2 Å². The highest BCUT2D eigenvalue weighted by Gasteiger charge is 2.18. The Balaban J connectivity index is 4.02. The van der Waals surface area contributed by atoms with Gasteiger partial charge in [-0.2, -0.15) is 0 Å². The van der Waals surface area contributed by atoms with Crippen molar-refractivity contribution in [2.75, 3.05) is 0 Å². The summed E-state index contributed by atoms with van der Waals surface area (Å²) in [7, 11) is 0. The van der Waals surface area contributed by atoms with Crippen LogP contribution in [0.4, 0.5) is 0 Å². The zero-order valence-electron chi connectivity index (χ0n) is 9.51. The van der Waals surface area contributed by atoms with Crippen LogP contribution in [0.25, 0.3) is 0 Å². The van der Waals surface area contributed by atoms with Crippen LogP contribution < -0.4 is 0 Å². The second-order valence-corrected chi connectivity index (χ2v) is 4.40. The van der Waals surface area contributed by atoms with Crippen LogP contribution >= 0.6 is 0 Å². The zero-order chi connectivity index (χ0) is 10.4. The van der Waals surface area contributed by atoms with Crippen molar-refractivity contribution in [1.29, 1.82) is 0 Å². The highest BCUT2D eigenvalue weighted by molar-refractivity contribution is 4.99. The van der Waals surface area contributed by atoms with E-state index in [9.17, 15) is 5.11 Å². The van der Waals surface area contributed by atoms with E-state index in [1.807, 2.05) is 13.8 Å². The number of aliphatic hydroxyl groups is 1. The number of hydrogen-bond acceptors (Lipinski definition) is 1. The minimum Gasteiger partial charge on any atom is -0.393 e. The van der Waals surface area contributed by atoms with E-state index in [0.29, 0.717) is 11.8 Å². The maximum atomic E-state index is 9.74. The number of hydrogen-bond donors (Lipinski definition) is 1. The maximum Gasteiger partial charge on any atom is 0.0602 e. The summed E-state index contributed by atoms with van der Waals surface area (Å²) >= 11 is 0. The van der Waals surface area contributed by atoms with Crippen molar-refractivity contribution in [1.82, 2.24) is 0 Å². The fourth-order valence-electron chi connectivity index (χ4n) is 1.56. The van der Waals surface area contributed by atoms with Crippen molar-refractivity contribution in [2.45, 2.75) is 53.1 Å². The van der Waals surface area contributed by atoms with Crippen LogP contribution in [0.3, 0.4) is 0 Å². The first kappa shape index (κ1) is 12.7. The molecule has 0 aromatic carbocycles. The third-order valence-electron chi connectivity index (χ3n) is 2.57. The fraction of sp³-hybridized carbons (Fsp3) is 0.833. The summed E-state index contributed by atoms with van der Waals surface area (Å²) in [5, 5.41) is 9.74. The van der Waals surface area contributed by atoms with Crippen molar-refractivity contribution in [3.05, 3.63) is 12.2 Å². The normalized spacial score (nSPS) is 15.8. The van der Waals surface area contributed by atoms with Crippen LogP contribution in [0, 0.1) is 11.8 Å². The number of rotatable bonds is 6. The van der Waals surface area contributed by atoms with Gasteiger partial charge in [0.2, 0.25) is 0 Å². The molecule has 1 heteroatoms. The minimum absolute atomic E-state index is 0.198. The summed E-state index contributed by atoms with van der Waals surface area (Å²) in [4.78, 5) is 0. The van der Waals surface area contributed by atoms with Gasteiger partial charge < -0.3 is 5.11 Å². The Bertz CT molecular complexity index is 149. The Hall–Kier alpha value is -0.300. The molecule has 0 fully saturated rings. The van der Waals surface area contributed by atoms with Crippen molar-refractivity contribution >= 4 is 0 Å². The van der Waals surface area contributed by atoms with E-state index in [-0.39, 0.29) is 6.10 Å². The molecule has 78 valence electrons. The topological polar surface area (TPSA) is 20.2 Å². The predicted octanol–water partition coefficient (Wildman–Crippen LogP) is 3.39. The van der Waals surface area contributed by atoms with Gasteiger partial charge in [0.05, 0.1) is 6.10 Å². The first-order valence-corrected chi connectivity index (χ1v) is 5.32. The molecule has 0 aliphatic carbocycles. The van der Waals surface area contributed by atoms with Gasteiger partial charge in [0, 0.05) is 5.92 Å². The van der Waals surface area contributed by atoms with Crippen LogP contribution in [0.1, 0.15) is 47.0 Å². The van der Waals surface area contributed by atoms with Gasteiger partial charge in [-0.1, -0.05) is 39.3 Å². The molecule has 1 N–H and O–H groups in total. The van der Waals surface area contributed by atoms with E-state index in [1.165, 1.54) is 6.42 Å². The molecule has 0 spiro atoms. The summed E-state index contributed by atoms with van der Waals surface area (Å²) in [6.45, 7) is 12.4. The highest BCUT2D eigenvalue weighted by Crippen LogP contribution is 2.23. The molecule has 0 heterocycles. The summed E-state index contributed by atoms with van der Waals surface area (Å²) in [6.07, 6.45) is 2.88. The van der Waals surface area contributed by atoms with E-state index < -0.39 is 0 Å². The van der Waals surface area contributed by atoms with Gasteiger partial charge in [0.25, 0.3) is 0 Å². The predicted molar refractivity (Wildman–Crippen MR) is 58.7 cm³/mol. The quantitative estimate of drug-likeness (QED) is 0.627. The lowest BCUT2D eigenvalue weighted by Crippen LogP contribution is -2.20. The van der Waals surface area contributed by atoms with Gasteiger partial charge >= 0.3 is 0 Å². The zero-order valence-corrected chi connectivity index (χ0v) is 9.51. The van der Waals surface area contributed by atoms with Gasteiger partial charge in [0.15, 0.2) is 0 Å². The van der Waals surface area contributed by atoms with Crippen LogP contribution in [0.15, 0.2) is 12.2 Å². The van der Waals surface area contributed by atoms with Crippen molar-refractivity contribution < 1.29 is 5.11 Å². The fourth-order valence-corrected chi connectivity index (χ4v) is 1.56. The van der Waals surface area contributed by atoms with Gasteiger partial charge in [-0.15, -0.1) is 0 Å². The van der Waals surface area contributed by atoms with Crippen molar-refractivity contribution in [2.24, 2.45) is 11.8 Å². The first-order valence-electron chi connectivity index (χ1n) is 5.32. The van der Waals surface area contributed by atoms with E-state index in [1.54, 1.807) is 0 Å². The standard InChI is InChI=1S/C12H24O/c1-6-12(13)11(10(4)5)8-7-9(2)3/h9,11-13H,4,6-8H2,1-3,5H3/t11-,12?/m0/s1. The first-order chi connectivity index (χ1) is 5.99. The van der Waals surface area contributed by atoms with Crippen molar-refractivity contribution in [3.63, 3.8) is 0 Å². The molecule has 13 heavy (non-hydrogen) atoms. The Morgan fingerprint density at radius 2 is 1.85 bits per heavy atom. The highest BCUT2D eigenvalue weighted by atomic mass is 16.3. The molecule has 0 aliphatic rings. The van der Waals surface area contributed by atoms with Gasteiger partial charge in [-0.25, -0.2) is 0 Å². The SMILES string of the molecule is C=C(C)[C@H](CCC(C)C)C(O)CC. The molecule has 1 unspecified atom stereocenters. The van der Waals surface area contributed by atoms with E-state index in [4.69, 9.17) is 0 Å². The smallest absolute Gasteiger partial charge is 0.0602 e. The summed E-state index contributed by atoms with van der Waals surface area (Å²) in [5.41, 5.74) is 1.12. The lowest BCUT2D eigenvalue weighted by molar-refractivity contribution is 0.113. The Morgan fingerprint density at radius 1 is 1.31 bits per heavy atom. The summed E-state index contributed by atoms with van der Waals surface area (Å²) in [6, 6.07) is 0. The number of aliphatic hydroxyl groups excluding tert-OH is 1. The second kappa shape index (κ2) is 6.20. The average molecular weight is 184 g/mol. The molecule has 0 aromatic heterocycles. The monoisotopic (exact) mass is 184 g/mol. The van der Waals surface area contributed by atoms with E-state index in [2.05, 4.69) is 20.4 Å². The Kier molecular flexibility index (Phi) is 6.06. The van der Waals surface area contributed by atoms with Gasteiger partial charge in [0.1, 0.15) is 0 Å². The minimum atomic E-state index is -0.198. The largest absolute Gasteiger partial charge is 0.393 e. The molecule has 0 saturated heterocycles. The third-order valence-corrected chi connectivity index (χ3v) is 2.57. The molecule has 0 aromatic rings. The lowest BCUT2D eigenvalue weighted by atomic mass is 9.87. The molecule has 0 rings (SSSR count). The molecule has 1 nitrogen and oxygen atoms in total. The third kappa shape index (κ3) is 5.09. The van der Waals surface area contributed by atoms with Crippen LogP contribution in [0.2, 0.25) is 0 Å². The van der Waals surface area contributed by atoms with E-state index >= 15 is 0 Å². The Labute approximate surface area is 82.9 Å². The maximum absolute atomic E-state index is 9.74. The van der Waals surface area contributed by atoms with Crippen LogP contribution in [0.5, 0.6) is 0 Å². The molecule has 0 aliphatic heterocycles. The molecule has 2 atom stereocenters. The summed E-state index contributed by atoms with van der Waals surface area (Å²) in [5.74, 6) is 1.01. The molecule has 0 saturated carbocycles. The van der Waals surface area contributed by atoms with Crippen molar-refractivity contribution in [3.8, 4) is 0 Å². The lowest BCUT2D eigenvalue weighted by Gasteiger charge is -2.22. The van der Waals surface area contributed by atoms with E-state index in [0.717, 1.165) is 18.4 Å². The molecule has 0 amide bonds. The Morgan fingerprint density at radius 3 is 2.15 bits per heavy atom.